The van der Waals surface area contributed by atoms with E-state index < -0.39 is 5.41 Å². The summed E-state index contributed by atoms with van der Waals surface area (Å²) in [6.07, 6.45) is 7.37. The zero-order valence-corrected chi connectivity index (χ0v) is 10.1. The molecule has 0 heterocycles. The first-order valence-corrected chi connectivity index (χ1v) is 6.05. The van der Waals surface area contributed by atoms with Crippen molar-refractivity contribution in [2.45, 2.75) is 46.0 Å². The third kappa shape index (κ3) is 2.52. The van der Waals surface area contributed by atoms with Gasteiger partial charge in [-0.25, -0.2) is 0 Å². The summed E-state index contributed by atoms with van der Waals surface area (Å²) < 4.78 is 5.04. The molecule has 0 saturated heterocycles. The van der Waals surface area contributed by atoms with Gasteiger partial charge >= 0.3 is 5.97 Å². The van der Waals surface area contributed by atoms with Crippen LogP contribution in [0.5, 0.6) is 0 Å². The molecule has 0 aromatic heterocycles. The van der Waals surface area contributed by atoms with E-state index >= 15 is 0 Å². The van der Waals surface area contributed by atoms with Crippen LogP contribution in [0.15, 0.2) is 12.2 Å². The number of hydrogen-bond donors (Lipinski definition) is 0. The van der Waals surface area contributed by atoms with Crippen LogP contribution in [0, 0.1) is 5.41 Å². The highest BCUT2D eigenvalue weighted by atomic mass is 16.5. The number of esters is 1. The number of carbonyl (C=O) groups is 2. The Labute approximate surface area is 96.9 Å². The molecule has 1 fully saturated rings. The summed E-state index contributed by atoms with van der Waals surface area (Å²) in [6, 6.07) is 0. The van der Waals surface area contributed by atoms with E-state index in [2.05, 4.69) is 0 Å². The standard InChI is InChI=1S/C13H20O3/c1-3-5-9-13(12(15)16-4-2)10-7-6-8-11(13)14/h5,9H,3-4,6-8,10H2,1-2H3. The number of rotatable bonds is 4. The lowest BCUT2D eigenvalue weighted by Crippen LogP contribution is -2.41. The molecule has 1 aliphatic rings. The van der Waals surface area contributed by atoms with Gasteiger partial charge in [0, 0.05) is 6.42 Å². The molecule has 3 nitrogen and oxygen atoms in total. The van der Waals surface area contributed by atoms with Crippen molar-refractivity contribution in [1.29, 1.82) is 0 Å². The van der Waals surface area contributed by atoms with E-state index in [9.17, 15) is 9.59 Å². The molecule has 0 aromatic rings. The molecule has 90 valence electrons. The molecule has 0 bridgehead atoms. The topological polar surface area (TPSA) is 43.4 Å². The van der Waals surface area contributed by atoms with E-state index in [1.807, 2.05) is 13.0 Å². The van der Waals surface area contributed by atoms with Gasteiger partial charge in [-0.1, -0.05) is 25.5 Å². The maximum Gasteiger partial charge on any atom is 0.323 e. The maximum absolute atomic E-state index is 12.0. The van der Waals surface area contributed by atoms with Crippen molar-refractivity contribution in [2.24, 2.45) is 5.41 Å². The Hall–Kier alpha value is -1.12. The average molecular weight is 224 g/mol. The van der Waals surface area contributed by atoms with Crippen molar-refractivity contribution in [1.82, 2.24) is 0 Å². The zero-order chi connectivity index (χ0) is 12.0. The van der Waals surface area contributed by atoms with Crippen LogP contribution in [-0.4, -0.2) is 18.4 Å². The van der Waals surface area contributed by atoms with Gasteiger partial charge in [0.05, 0.1) is 6.61 Å². The van der Waals surface area contributed by atoms with Crippen LogP contribution in [0.4, 0.5) is 0 Å². The van der Waals surface area contributed by atoms with E-state index in [1.54, 1.807) is 13.0 Å². The maximum atomic E-state index is 12.0. The molecule has 1 aliphatic carbocycles. The van der Waals surface area contributed by atoms with Gasteiger partial charge in [0.25, 0.3) is 0 Å². The summed E-state index contributed by atoms with van der Waals surface area (Å²) in [6.45, 7) is 4.08. The second kappa shape index (κ2) is 5.83. The molecule has 1 unspecified atom stereocenters. The first-order chi connectivity index (χ1) is 7.67. The number of ketones is 1. The van der Waals surface area contributed by atoms with Crippen molar-refractivity contribution in [3.05, 3.63) is 12.2 Å². The minimum Gasteiger partial charge on any atom is -0.465 e. The molecule has 16 heavy (non-hydrogen) atoms. The van der Waals surface area contributed by atoms with Gasteiger partial charge in [-0.3, -0.25) is 9.59 Å². The Morgan fingerprint density at radius 1 is 1.44 bits per heavy atom. The van der Waals surface area contributed by atoms with Crippen molar-refractivity contribution in [2.75, 3.05) is 6.61 Å². The summed E-state index contributed by atoms with van der Waals surface area (Å²) in [5.74, 6) is -0.355. The molecule has 0 spiro atoms. The van der Waals surface area contributed by atoms with Gasteiger partial charge in [-0.15, -0.1) is 0 Å². The molecule has 0 N–H and O–H groups in total. The third-order valence-corrected chi connectivity index (χ3v) is 3.00. The minimum atomic E-state index is -0.982. The Morgan fingerprint density at radius 2 is 2.19 bits per heavy atom. The van der Waals surface area contributed by atoms with E-state index in [0.717, 1.165) is 19.3 Å². The summed E-state index contributed by atoms with van der Waals surface area (Å²) in [7, 11) is 0. The molecule has 0 amide bonds. The van der Waals surface area contributed by atoms with Gasteiger partial charge in [0.1, 0.15) is 5.41 Å². The van der Waals surface area contributed by atoms with Gasteiger partial charge in [0.2, 0.25) is 0 Å². The second-order valence-electron chi connectivity index (χ2n) is 4.13. The number of Topliss-reactive ketones (excluding diaryl/α,β-unsaturated/α-hetero) is 1. The van der Waals surface area contributed by atoms with E-state index in [0.29, 0.717) is 19.4 Å². The Balaban J connectivity index is 2.94. The second-order valence-corrected chi connectivity index (χ2v) is 4.13. The van der Waals surface area contributed by atoms with Crippen LogP contribution < -0.4 is 0 Å². The molecule has 0 radical (unpaired) electrons. The number of allylic oxidation sites excluding steroid dienone is 1. The quantitative estimate of drug-likeness (QED) is 0.419. The summed E-state index contributed by atoms with van der Waals surface area (Å²) in [5.41, 5.74) is -0.982. The highest BCUT2D eigenvalue weighted by molar-refractivity contribution is 6.06. The molecular weight excluding hydrogens is 204 g/mol. The highest BCUT2D eigenvalue weighted by Gasteiger charge is 2.45. The Bertz CT molecular complexity index is 294. The van der Waals surface area contributed by atoms with Crippen LogP contribution in [-0.2, 0) is 14.3 Å². The zero-order valence-electron chi connectivity index (χ0n) is 10.1. The normalized spacial score (nSPS) is 26.0. The lowest BCUT2D eigenvalue weighted by molar-refractivity contribution is -0.158. The lowest BCUT2D eigenvalue weighted by Gasteiger charge is -2.30. The highest BCUT2D eigenvalue weighted by Crippen LogP contribution is 2.36. The van der Waals surface area contributed by atoms with E-state index in [4.69, 9.17) is 4.74 Å². The van der Waals surface area contributed by atoms with Crippen LogP contribution >= 0.6 is 0 Å². The van der Waals surface area contributed by atoms with Crippen LogP contribution in [0.3, 0.4) is 0 Å². The van der Waals surface area contributed by atoms with Crippen molar-refractivity contribution in [3.8, 4) is 0 Å². The van der Waals surface area contributed by atoms with Gasteiger partial charge in [-0.2, -0.15) is 0 Å². The number of carbonyl (C=O) groups excluding carboxylic acids is 2. The van der Waals surface area contributed by atoms with Crippen molar-refractivity contribution in [3.63, 3.8) is 0 Å². The fraction of sp³-hybridized carbons (Fsp3) is 0.692. The molecule has 1 atom stereocenters. The third-order valence-electron chi connectivity index (χ3n) is 3.00. The van der Waals surface area contributed by atoms with E-state index in [-0.39, 0.29) is 11.8 Å². The fourth-order valence-corrected chi connectivity index (χ4v) is 2.09. The summed E-state index contributed by atoms with van der Waals surface area (Å²) in [5, 5.41) is 0. The first kappa shape index (κ1) is 12.9. The van der Waals surface area contributed by atoms with Crippen molar-refractivity contribution >= 4 is 11.8 Å². The summed E-state index contributed by atoms with van der Waals surface area (Å²) in [4.78, 5) is 23.9. The SMILES string of the molecule is CCC=CC1(C(=O)OCC)CCCCC1=O. The van der Waals surface area contributed by atoms with Crippen LogP contribution in [0.1, 0.15) is 46.0 Å². The fourth-order valence-electron chi connectivity index (χ4n) is 2.09. The van der Waals surface area contributed by atoms with Crippen LogP contribution in [0.2, 0.25) is 0 Å². The number of ether oxygens (including phenoxy) is 1. The minimum absolute atomic E-state index is 0.0156. The lowest BCUT2D eigenvalue weighted by atomic mass is 9.72. The monoisotopic (exact) mass is 224 g/mol. The van der Waals surface area contributed by atoms with Gasteiger partial charge in [-0.05, 0) is 26.2 Å². The predicted molar refractivity (Wildman–Crippen MR) is 62.0 cm³/mol. The largest absolute Gasteiger partial charge is 0.465 e. The molecule has 0 aliphatic heterocycles. The van der Waals surface area contributed by atoms with E-state index in [1.165, 1.54) is 0 Å². The van der Waals surface area contributed by atoms with Gasteiger partial charge < -0.3 is 4.74 Å². The smallest absolute Gasteiger partial charge is 0.323 e. The van der Waals surface area contributed by atoms with Crippen molar-refractivity contribution < 1.29 is 14.3 Å². The molecule has 3 heteroatoms. The van der Waals surface area contributed by atoms with Crippen LogP contribution in [0.25, 0.3) is 0 Å². The molecule has 1 saturated carbocycles. The predicted octanol–water partition coefficient (Wildman–Crippen LogP) is 2.65. The Kier molecular flexibility index (Phi) is 4.71. The first-order valence-electron chi connectivity index (χ1n) is 6.05. The molecular formula is C13H20O3. The Morgan fingerprint density at radius 3 is 2.75 bits per heavy atom. The van der Waals surface area contributed by atoms with Gasteiger partial charge in [0.15, 0.2) is 5.78 Å². The molecule has 0 aromatic carbocycles. The summed E-state index contributed by atoms with van der Waals surface area (Å²) >= 11 is 0. The molecule has 1 rings (SSSR count). The average Bonchev–Trinajstić information content (AvgIpc) is 2.28. The number of hydrogen-bond acceptors (Lipinski definition) is 3.